The Bertz CT molecular complexity index is 801. The highest BCUT2D eigenvalue weighted by atomic mass is 16.5. The first-order valence-electron chi connectivity index (χ1n) is 9.14. The van der Waals surface area contributed by atoms with Crippen LogP contribution in [0.4, 0.5) is 11.4 Å². The Hall–Kier alpha value is -3.28. The number of hydrogen-bond acceptors (Lipinski definition) is 4. The number of carbonyl (C=O) groups is 2. The van der Waals surface area contributed by atoms with E-state index in [4.69, 9.17) is 4.74 Å². The highest BCUT2D eigenvalue weighted by Gasteiger charge is 2.06. The van der Waals surface area contributed by atoms with Crippen molar-refractivity contribution in [2.45, 2.75) is 12.8 Å². The lowest BCUT2D eigenvalue weighted by Crippen LogP contribution is -2.22. The molecule has 28 heavy (non-hydrogen) atoms. The second kappa shape index (κ2) is 10.8. The highest BCUT2D eigenvalue weighted by molar-refractivity contribution is 5.93. The van der Waals surface area contributed by atoms with Crippen molar-refractivity contribution in [3.05, 3.63) is 66.7 Å². The lowest BCUT2D eigenvalue weighted by atomic mass is 10.1. The molecule has 0 bridgehead atoms. The van der Waals surface area contributed by atoms with Gasteiger partial charge in [-0.2, -0.15) is 0 Å². The molecular weight excluding hydrogens is 354 g/mol. The van der Waals surface area contributed by atoms with Gasteiger partial charge in [0.05, 0.1) is 6.54 Å². The zero-order chi connectivity index (χ0) is 20.4. The number of rotatable bonds is 10. The normalized spacial score (nSPS) is 10.1. The molecule has 0 atom stereocenters. The maximum atomic E-state index is 12.1. The predicted octanol–water partition coefficient (Wildman–Crippen LogP) is 3.32. The maximum Gasteiger partial charge on any atom is 0.243 e. The van der Waals surface area contributed by atoms with Crippen LogP contribution in [0.1, 0.15) is 12.0 Å². The van der Waals surface area contributed by atoms with Gasteiger partial charge in [0.15, 0.2) is 0 Å². The molecule has 0 fully saturated rings. The van der Waals surface area contributed by atoms with E-state index in [9.17, 15) is 9.59 Å². The Morgan fingerprint density at radius 1 is 1.11 bits per heavy atom. The van der Waals surface area contributed by atoms with Gasteiger partial charge < -0.3 is 20.3 Å². The lowest BCUT2D eigenvalue weighted by molar-refractivity contribution is -0.128. The second-order valence-electron chi connectivity index (χ2n) is 6.51. The van der Waals surface area contributed by atoms with Crippen molar-refractivity contribution in [1.82, 2.24) is 4.90 Å². The Kier molecular flexibility index (Phi) is 8.09. The molecule has 2 rings (SSSR count). The van der Waals surface area contributed by atoms with Crippen LogP contribution in [0.3, 0.4) is 0 Å². The van der Waals surface area contributed by atoms with Crippen molar-refractivity contribution < 1.29 is 14.3 Å². The first-order chi connectivity index (χ1) is 13.5. The summed E-state index contributed by atoms with van der Waals surface area (Å²) >= 11 is 0. The fraction of sp³-hybridized carbons (Fsp3) is 0.273. The Morgan fingerprint density at radius 3 is 2.54 bits per heavy atom. The van der Waals surface area contributed by atoms with Crippen LogP contribution in [-0.4, -0.2) is 44.0 Å². The Morgan fingerprint density at radius 2 is 1.86 bits per heavy atom. The van der Waals surface area contributed by atoms with Crippen molar-refractivity contribution in [3.63, 3.8) is 0 Å². The van der Waals surface area contributed by atoms with Gasteiger partial charge in [-0.05, 0) is 48.4 Å². The molecule has 0 aliphatic heterocycles. The van der Waals surface area contributed by atoms with Gasteiger partial charge in [-0.3, -0.25) is 9.59 Å². The fourth-order valence-corrected chi connectivity index (χ4v) is 2.49. The summed E-state index contributed by atoms with van der Waals surface area (Å²) in [5, 5.41) is 5.95. The minimum Gasteiger partial charge on any atom is -0.490 e. The zero-order valence-electron chi connectivity index (χ0n) is 16.4. The first-order valence-corrected chi connectivity index (χ1v) is 9.14. The molecule has 2 aromatic carbocycles. The third-order valence-corrected chi connectivity index (χ3v) is 4.01. The molecule has 0 saturated carbocycles. The molecule has 0 aromatic heterocycles. The quantitative estimate of drug-likeness (QED) is 0.620. The molecule has 2 amide bonds. The van der Waals surface area contributed by atoms with Crippen LogP contribution in [0.5, 0.6) is 5.75 Å². The third-order valence-electron chi connectivity index (χ3n) is 4.01. The molecule has 0 aliphatic carbocycles. The van der Waals surface area contributed by atoms with Gasteiger partial charge in [0.2, 0.25) is 11.8 Å². The molecule has 6 heteroatoms. The number of aryl methyl sites for hydroxylation is 1. The van der Waals surface area contributed by atoms with Crippen LogP contribution < -0.4 is 15.4 Å². The standard InChI is InChI=1S/C22H27N3O3/c1-4-14-28-20-11-9-18(10-12-20)24-21(26)16-23-19-7-5-6-17(15-19)8-13-22(27)25(2)3/h4-7,9-12,15,23H,1,8,13-14,16H2,2-3H3,(H,24,26). The third kappa shape index (κ3) is 7.15. The van der Waals surface area contributed by atoms with Gasteiger partial charge in [0, 0.05) is 31.9 Å². The van der Waals surface area contributed by atoms with E-state index in [2.05, 4.69) is 17.2 Å². The Balaban J connectivity index is 1.81. The molecule has 0 spiro atoms. The van der Waals surface area contributed by atoms with E-state index in [-0.39, 0.29) is 18.4 Å². The number of carbonyl (C=O) groups excluding carboxylic acids is 2. The molecule has 0 heterocycles. The summed E-state index contributed by atoms with van der Waals surface area (Å²) in [5.74, 6) is 0.673. The maximum absolute atomic E-state index is 12.1. The van der Waals surface area contributed by atoms with Gasteiger partial charge in [0.25, 0.3) is 0 Å². The zero-order valence-corrected chi connectivity index (χ0v) is 16.4. The summed E-state index contributed by atoms with van der Waals surface area (Å²) in [4.78, 5) is 25.4. The van der Waals surface area contributed by atoms with Crippen LogP contribution in [0.15, 0.2) is 61.2 Å². The largest absolute Gasteiger partial charge is 0.490 e. The number of nitrogens with one attached hydrogen (secondary N) is 2. The number of anilines is 2. The smallest absolute Gasteiger partial charge is 0.243 e. The number of amides is 2. The average molecular weight is 381 g/mol. The molecule has 2 N–H and O–H groups in total. The number of benzene rings is 2. The van der Waals surface area contributed by atoms with Crippen molar-refractivity contribution in [3.8, 4) is 5.75 Å². The summed E-state index contributed by atoms with van der Waals surface area (Å²) in [6, 6.07) is 14.9. The van der Waals surface area contributed by atoms with E-state index in [0.717, 1.165) is 17.0 Å². The first kappa shape index (κ1) is 21.0. The molecule has 0 saturated heterocycles. The van der Waals surface area contributed by atoms with Gasteiger partial charge in [-0.25, -0.2) is 0 Å². The monoisotopic (exact) mass is 381 g/mol. The number of nitrogens with zero attached hydrogens (tertiary/aromatic N) is 1. The van der Waals surface area contributed by atoms with E-state index >= 15 is 0 Å². The molecule has 0 radical (unpaired) electrons. The van der Waals surface area contributed by atoms with Crippen LogP contribution in [-0.2, 0) is 16.0 Å². The van der Waals surface area contributed by atoms with Crippen LogP contribution in [0.25, 0.3) is 0 Å². The van der Waals surface area contributed by atoms with E-state index < -0.39 is 0 Å². The van der Waals surface area contributed by atoms with E-state index in [1.807, 2.05) is 24.3 Å². The Labute approximate surface area is 166 Å². The molecule has 6 nitrogen and oxygen atoms in total. The summed E-state index contributed by atoms with van der Waals surface area (Å²) < 4.78 is 5.41. The minimum absolute atomic E-state index is 0.0960. The summed E-state index contributed by atoms with van der Waals surface area (Å²) in [7, 11) is 3.50. The van der Waals surface area contributed by atoms with Crippen LogP contribution in [0.2, 0.25) is 0 Å². The van der Waals surface area contributed by atoms with E-state index in [1.165, 1.54) is 0 Å². The summed E-state index contributed by atoms with van der Waals surface area (Å²) in [6.07, 6.45) is 2.80. The summed E-state index contributed by atoms with van der Waals surface area (Å²) in [6.45, 7) is 4.19. The van der Waals surface area contributed by atoms with Crippen LogP contribution in [0, 0.1) is 0 Å². The molecule has 0 aliphatic rings. The second-order valence-corrected chi connectivity index (χ2v) is 6.51. The van der Waals surface area contributed by atoms with E-state index in [1.54, 1.807) is 49.3 Å². The van der Waals surface area contributed by atoms with Crippen molar-refractivity contribution in [2.24, 2.45) is 0 Å². The fourth-order valence-electron chi connectivity index (χ4n) is 2.49. The van der Waals surface area contributed by atoms with Gasteiger partial charge in [-0.15, -0.1) is 0 Å². The molecule has 148 valence electrons. The van der Waals surface area contributed by atoms with Gasteiger partial charge in [0.1, 0.15) is 12.4 Å². The van der Waals surface area contributed by atoms with Crippen molar-refractivity contribution in [1.29, 1.82) is 0 Å². The SMILES string of the molecule is C=CCOc1ccc(NC(=O)CNc2cccc(CCC(=O)N(C)C)c2)cc1. The molecular formula is C22H27N3O3. The van der Waals surface area contributed by atoms with Crippen LogP contribution >= 0.6 is 0 Å². The van der Waals surface area contributed by atoms with Gasteiger partial charge in [-0.1, -0.05) is 24.8 Å². The molecule has 2 aromatic rings. The number of hydrogen-bond donors (Lipinski definition) is 2. The van der Waals surface area contributed by atoms with Gasteiger partial charge >= 0.3 is 0 Å². The van der Waals surface area contributed by atoms with Crippen molar-refractivity contribution in [2.75, 3.05) is 37.9 Å². The minimum atomic E-state index is -0.145. The number of ether oxygens (including phenoxy) is 1. The highest BCUT2D eigenvalue weighted by Crippen LogP contribution is 2.16. The van der Waals surface area contributed by atoms with E-state index in [0.29, 0.717) is 25.1 Å². The van der Waals surface area contributed by atoms with Crippen molar-refractivity contribution >= 4 is 23.2 Å². The average Bonchev–Trinajstić information content (AvgIpc) is 2.70. The predicted molar refractivity (Wildman–Crippen MR) is 113 cm³/mol. The molecule has 0 unspecified atom stereocenters. The topological polar surface area (TPSA) is 70.7 Å². The lowest BCUT2D eigenvalue weighted by Gasteiger charge is -2.11. The summed E-state index contributed by atoms with van der Waals surface area (Å²) in [5.41, 5.74) is 2.60.